The van der Waals surface area contributed by atoms with E-state index in [1.165, 1.54) is 16.0 Å². The van der Waals surface area contributed by atoms with Gasteiger partial charge in [-0.2, -0.15) is 0 Å². The Bertz CT molecular complexity index is 1270. The molecule has 3 aromatic heterocycles. The van der Waals surface area contributed by atoms with Gasteiger partial charge >= 0.3 is 0 Å². The Morgan fingerprint density at radius 1 is 1.16 bits per heavy atom. The van der Waals surface area contributed by atoms with Gasteiger partial charge in [-0.1, -0.05) is 61.1 Å². The molecule has 32 heavy (non-hydrogen) atoms. The van der Waals surface area contributed by atoms with E-state index in [2.05, 4.69) is 47.5 Å². The minimum atomic E-state index is -0.139. The Morgan fingerprint density at radius 2 is 1.97 bits per heavy atom. The predicted octanol–water partition coefficient (Wildman–Crippen LogP) is 7.03. The minimum absolute atomic E-state index is 0.139. The van der Waals surface area contributed by atoms with Crippen LogP contribution < -0.4 is 0 Å². The molecule has 1 aliphatic rings. The molecule has 0 N–H and O–H groups in total. The molecule has 0 saturated heterocycles. The summed E-state index contributed by atoms with van der Waals surface area (Å²) in [6.45, 7) is 7.23. The highest BCUT2D eigenvalue weighted by atomic mass is 35.5. The van der Waals surface area contributed by atoms with Gasteiger partial charge in [-0.05, 0) is 43.0 Å². The number of hydrogen-bond acceptors (Lipinski definition) is 7. The number of halogens is 1. The topological polar surface area (TPSA) is 52.3 Å². The van der Waals surface area contributed by atoms with Crippen LogP contribution in [0.5, 0.6) is 0 Å². The Kier molecular flexibility index (Phi) is 6.42. The first-order valence-corrected chi connectivity index (χ1v) is 14.0. The van der Waals surface area contributed by atoms with E-state index in [0.717, 1.165) is 62.0 Å². The second-order valence-corrected chi connectivity index (χ2v) is 11.8. The summed E-state index contributed by atoms with van der Waals surface area (Å²) in [5.74, 6) is 1.81. The molecule has 5 rings (SSSR count). The highest BCUT2D eigenvalue weighted by Gasteiger charge is 2.33. The lowest BCUT2D eigenvalue weighted by molar-refractivity contribution is -0.0542. The Hall–Kier alpha value is -1.32. The Balaban J connectivity index is 1.60. The van der Waals surface area contributed by atoms with Crippen LogP contribution in [-0.4, -0.2) is 30.9 Å². The average molecular weight is 505 g/mol. The average Bonchev–Trinajstić information content (AvgIpc) is 3.38. The molecule has 0 unspecified atom stereocenters. The molecule has 1 aromatic carbocycles. The van der Waals surface area contributed by atoms with Gasteiger partial charge in [0.05, 0.1) is 17.6 Å². The lowest BCUT2D eigenvalue weighted by Gasteiger charge is -2.33. The summed E-state index contributed by atoms with van der Waals surface area (Å²) in [5, 5.41) is 13.0. The van der Waals surface area contributed by atoms with Crippen LogP contribution in [0.15, 0.2) is 34.6 Å². The summed E-state index contributed by atoms with van der Waals surface area (Å²) >= 11 is 11.2. The van der Waals surface area contributed by atoms with Gasteiger partial charge in [-0.25, -0.2) is 9.38 Å². The number of thioether (sulfide) groups is 2. The molecule has 0 aliphatic carbocycles. The van der Waals surface area contributed by atoms with E-state index in [4.69, 9.17) is 21.3 Å². The lowest BCUT2D eigenvalue weighted by Crippen LogP contribution is -2.33. The predicted molar refractivity (Wildman–Crippen MR) is 135 cm³/mol. The maximum Gasteiger partial charge on any atom is 0.198 e. The van der Waals surface area contributed by atoms with Crippen molar-refractivity contribution in [3.63, 3.8) is 0 Å². The number of ether oxygens (including phenoxy) is 1. The zero-order chi connectivity index (χ0) is 22.3. The summed E-state index contributed by atoms with van der Waals surface area (Å²) in [6, 6.07) is 7.97. The number of thiophene rings is 1. The molecule has 1 atom stereocenters. The number of rotatable bonds is 7. The monoisotopic (exact) mass is 504 g/mol. The molecular weight excluding hydrogens is 480 g/mol. The smallest absolute Gasteiger partial charge is 0.198 e. The van der Waals surface area contributed by atoms with E-state index in [1.807, 2.05) is 12.1 Å². The molecule has 0 saturated carbocycles. The maximum atomic E-state index is 6.20. The van der Waals surface area contributed by atoms with Crippen molar-refractivity contribution < 1.29 is 4.74 Å². The van der Waals surface area contributed by atoms with E-state index < -0.39 is 0 Å². The summed E-state index contributed by atoms with van der Waals surface area (Å²) in [4.78, 5) is 7.42. The molecule has 4 heterocycles. The molecule has 0 bridgehead atoms. The Labute approximate surface area is 205 Å². The number of fused-ring (bicyclic) bond motifs is 5. The SMILES string of the molecule is CCCSc1nc2sc3c(c2c2nnc(SCc4ccc(Cl)cc4)n12)C[C@@](C)(CC)OC3. The van der Waals surface area contributed by atoms with E-state index in [1.54, 1.807) is 34.9 Å². The van der Waals surface area contributed by atoms with Crippen LogP contribution in [0.3, 0.4) is 0 Å². The molecule has 4 aromatic rings. The van der Waals surface area contributed by atoms with Crippen molar-refractivity contribution in [2.45, 2.75) is 68.3 Å². The number of nitrogens with zero attached hydrogens (tertiary/aromatic N) is 4. The fourth-order valence-corrected chi connectivity index (χ4v) is 6.93. The van der Waals surface area contributed by atoms with Gasteiger partial charge in [0.1, 0.15) is 4.83 Å². The molecule has 0 spiro atoms. The van der Waals surface area contributed by atoms with Gasteiger partial charge < -0.3 is 4.74 Å². The number of hydrogen-bond donors (Lipinski definition) is 0. The molecule has 0 amide bonds. The van der Waals surface area contributed by atoms with E-state index in [9.17, 15) is 0 Å². The minimum Gasteiger partial charge on any atom is -0.369 e. The second kappa shape index (κ2) is 9.14. The molecule has 0 fully saturated rings. The normalized spacial score (nSPS) is 18.5. The Morgan fingerprint density at radius 3 is 2.72 bits per heavy atom. The highest BCUT2D eigenvalue weighted by Crippen LogP contribution is 2.42. The molecule has 168 valence electrons. The first-order chi connectivity index (χ1) is 15.5. The van der Waals surface area contributed by atoms with Gasteiger partial charge in [0.25, 0.3) is 0 Å². The van der Waals surface area contributed by atoms with Crippen LogP contribution in [0.4, 0.5) is 0 Å². The molecular formula is C23H25ClN4OS3. The van der Waals surface area contributed by atoms with E-state index in [0.29, 0.717) is 6.61 Å². The van der Waals surface area contributed by atoms with Crippen LogP contribution in [-0.2, 0) is 23.5 Å². The highest BCUT2D eigenvalue weighted by molar-refractivity contribution is 7.99. The van der Waals surface area contributed by atoms with Gasteiger partial charge in [0.15, 0.2) is 16.0 Å². The third kappa shape index (κ3) is 4.16. The first-order valence-electron chi connectivity index (χ1n) is 10.8. The van der Waals surface area contributed by atoms with Crippen molar-refractivity contribution in [1.82, 2.24) is 19.6 Å². The van der Waals surface area contributed by atoms with Crippen molar-refractivity contribution in [3.8, 4) is 0 Å². The molecule has 0 radical (unpaired) electrons. The molecule has 5 nitrogen and oxygen atoms in total. The van der Waals surface area contributed by atoms with E-state index in [-0.39, 0.29) is 5.60 Å². The quantitative estimate of drug-likeness (QED) is 0.199. The van der Waals surface area contributed by atoms with Crippen LogP contribution in [0, 0.1) is 0 Å². The van der Waals surface area contributed by atoms with Gasteiger partial charge in [0, 0.05) is 27.8 Å². The third-order valence-corrected chi connectivity index (χ3v) is 9.38. The summed E-state index contributed by atoms with van der Waals surface area (Å²) in [5.41, 5.74) is 3.33. The van der Waals surface area contributed by atoms with Gasteiger partial charge in [0.2, 0.25) is 0 Å². The molecule has 1 aliphatic heterocycles. The fraction of sp³-hybridized carbons (Fsp3) is 0.435. The van der Waals surface area contributed by atoms with Crippen LogP contribution >= 0.6 is 46.5 Å². The van der Waals surface area contributed by atoms with Crippen molar-refractivity contribution >= 4 is 62.3 Å². The van der Waals surface area contributed by atoms with Crippen molar-refractivity contribution in [2.24, 2.45) is 0 Å². The maximum absolute atomic E-state index is 6.20. The van der Waals surface area contributed by atoms with Gasteiger partial charge in [-0.3, -0.25) is 0 Å². The summed E-state index contributed by atoms with van der Waals surface area (Å²) in [6.07, 6.45) is 2.95. The summed E-state index contributed by atoms with van der Waals surface area (Å²) in [7, 11) is 0. The summed E-state index contributed by atoms with van der Waals surface area (Å²) < 4.78 is 8.36. The first kappa shape index (κ1) is 22.5. The molecule has 9 heteroatoms. The van der Waals surface area contributed by atoms with Crippen molar-refractivity contribution in [3.05, 3.63) is 45.3 Å². The van der Waals surface area contributed by atoms with Crippen molar-refractivity contribution in [2.75, 3.05) is 5.75 Å². The number of aromatic nitrogens is 4. The third-order valence-electron chi connectivity index (χ3n) is 5.88. The largest absolute Gasteiger partial charge is 0.369 e. The van der Waals surface area contributed by atoms with E-state index >= 15 is 0 Å². The zero-order valence-corrected chi connectivity index (χ0v) is 21.6. The zero-order valence-electron chi connectivity index (χ0n) is 18.4. The van der Waals surface area contributed by atoms with Crippen molar-refractivity contribution in [1.29, 1.82) is 0 Å². The van der Waals surface area contributed by atoms with Crippen LogP contribution in [0.1, 0.15) is 49.6 Å². The number of benzene rings is 1. The standard InChI is InChI=1S/C23H25ClN4OS3/c1-4-10-30-21-25-20-18(16-11-23(3,5-2)29-12-17(16)32-20)19-26-27-22(28(19)21)31-13-14-6-8-15(24)9-7-14/h6-9H,4-5,10-13H2,1-3H3/t23-/m1/s1. The lowest BCUT2D eigenvalue weighted by atomic mass is 9.90. The van der Waals surface area contributed by atoms with Crippen LogP contribution in [0.25, 0.3) is 15.9 Å². The van der Waals surface area contributed by atoms with Crippen LogP contribution in [0.2, 0.25) is 5.02 Å². The second-order valence-electron chi connectivity index (χ2n) is 8.25. The van der Waals surface area contributed by atoms with Gasteiger partial charge in [-0.15, -0.1) is 21.5 Å². The fourth-order valence-electron chi connectivity index (χ4n) is 3.86.